The maximum atomic E-state index is 12.8. The monoisotopic (exact) mass is 448 g/mol. The molecule has 1 amide bonds. The van der Waals surface area contributed by atoms with E-state index < -0.39 is 10.0 Å². The zero-order valence-corrected chi connectivity index (χ0v) is 19.7. The third-order valence-electron chi connectivity index (χ3n) is 6.61. The van der Waals surface area contributed by atoms with Gasteiger partial charge in [-0.1, -0.05) is 55.8 Å². The number of hydrogen-bond acceptors (Lipinski definition) is 4. The van der Waals surface area contributed by atoms with E-state index in [2.05, 4.69) is 31.6 Å². The topological polar surface area (TPSA) is 75.7 Å². The standard InChI is InChI=1S/C24H36N2O4S/c1-18(2)23-14-21(15-24(27)26-9-11-30-12-10-26)19(3)13-22(23)16-25-31(28,29)17-20-7-5-4-6-8-20/h4-8,13,18,21-23,25H,9-12,14-17H2,1-3H3/t21-,22-,23-/m0/s1. The van der Waals surface area contributed by atoms with Crippen LogP contribution < -0.4 is 4.72 Å². The van der Waals surface area contributed by atoms with Crippen LogP contribution in [0.15, 0.2) is 42.0 Å². The van der Waals surface area contributed by atoms with Crippen LogP contribution in [0.2, 0.25) is 0 Å². The number of nitrogens with one attached hydrogen (secondary N) is 1. The van der Waals surface area contributed by atoms with E-state index in [1.54, 1.807) is 0 Å². The summed E-state index contributed by atoms with van der Waals surface area (Å²) < 4.78 is 33.4. The first-order chi connectivity index (χ1) is 14.7. The highest BCUT2D eigenvalue weighted by Gasteiger charge is 2.34. The number of amides is 1. The van der Waals surface area contributed by atoms with Crippen molar-refractivity contribution in [1.29, 1.82) is 0 Å². The molecule has 0 bridgehead atoms. The van der Waals surface area contributed by atoms with E-state index in [-0.39, 0.29) is 23.5 Å². The van der Waals surface area contributed by atoms with Crippen molar-refractivity contribution < 1.29 is 17.9 Å². The maximum absolute atomic E-state index is 12.8. The van der Waals surface area contributed by atoms with Crippen LogP contribution in [0.1, 0.15) is 39.2 Å². The highest BCUT2D eigenvalue weighted by Crippen LogP contribution is 2.39. The molecular weight excluding hydrogens is 412 g/mol. The van der Waals surface area contributed by atoms with Gasteiger partial charge >= 0.3 is 0 Å². The van der Waals surface area contributed by atoms with Crippen molar-refractivity contribution in [3.05, 3.63) is 47.5 Å². The smallest absolute Gasteiger partial charge is 0.223 e. The van der Waals surface area contributed by atoms with Gasteiger partial charge in [0.1, 0.15) is 0 Å². The molecule has 6 nitrogen and oxygen atoms in total. The Morgan fingerprint density at radius 1 is 1.19 bits per heavy atom. The van der Waals surface area contributed by atoms with Crippen LogP contribution in [0.25, 0.3) is 0 Å². The molecule has 0 saturated carbocycles. The summed E-state index contributed by atoms with van der Waals surface area (Å²) in [6.45, 7) is 9.44. The van der Waals surface area contributed by atoms with Crippen LogP contribution in [-0.4, -0.2) is 52.1 Å². The van der Waals surface area contributed by atoms with Gasteiger partial charge in [-0.05, 0) is 42.6 Å². The van der Waals surface area contributed by atoms with Crippen molar-refractivity contribution in [2.75, 3.05) is 32.8 Å². The van der Waals surface area contributed by atoms with Gasteiger partial charge in [0.2, 0.25) is 15.9 Å². The van der Waals surface area contributed by atoms with Crippen LogP contribution in [0, 0.1) is 23.7 Å². The first-order valence-corrected chi connectivity index (χ1v) is 13.0. The van der Waals surface area contributed by atoms with Crippen molar-refractivity contribution in [2.45, 2.75) is 39.4 Å². The van der Waals surface area contributed by atoms with Crippen molar-refractivity contribution in [3.63, 3.8) is 0 Å². The van der Waals surface area contributed by atoms with Gasteiger partial charge in [0, 0.05) is 26.1 Å². The van der Waals surface area contributed by atoms with Crippen LogP contribution in [0.5, 0.6) is 0 Å². The number of morpholine rings is 1. The van der Waals surface area contributed by atoms with Crippen molar-refractivity contribution in [2.24, 2.45) is 23.7 Å². The van der Waals surface area contributed by atoms with Crippen LogP contribution in [0.3, 0.4) is 0 Å². The lowest BCUT2D eigenvalue weighted by molar-refractivity contribution is -0.136. The molecule has 7 heteroatoms. The quantitative estimate of drug-likeness (QED) is 0.620. The SMILES string of the molecule is CC1=C[C@@H](CNS(=O)(=O)Cc2ccccc2)[C@H](C(C)C)C[C@H]1CC(=O)N1CCOCC1. The van der Waals surface area contributed by atoms with Gasteiger partial charge in [0.25, 0.3) is 0 Å². The minimum Gasteiger partial charge on any atom is -0.378 e. The fraction of sp³-hybridized carbons (Fsp3) is 0.625. The average molecular weight is 449 g/mol. The van der Waals surface area contributed by atoms with Crippen molar-refractivity contribution in [1.82, 2.24) is 9.62 Å². The van der Waals surface area contributed by atoms with Crippen LogP contribution in [0.4, 0.5) is 0 Å². The summed E-state index contributed by atoms with van der Waals surface area (Å²) >= 11 is 0. The van der Waals surface area contributed by atoms with Crippen LogP contribution in [-0.2, 0) is 25.3 Å². The molecule has 31 heavy (non-hydrogen) atoms. The number of nitrogens with zero attached hydrogens (tertiary/aromatic N) is 1. The molecule has 1 aliphatic heterocycles. The Hall–Kier alpha value is -1.70. The lowest BCUT2D eigenvalue weighted by Crippen LogP contribution is -2.42. The second kappa shape index (κ2) is 10.7. The van der Waals surface area contributed by atoms with Gasteiger partial charge < -0.3 is 9.64 Å². The molecule has 1 aromatic rings. The van der Waals surface area contributed by atoms with Gasteiger partial charge in [-0.25, -0.2) is 13.1 Å². The minimum absolute atomic E-state index is 0.00766. The summed E-state index contributed by atoms with van der Waals surface area (Å²) in [7, 11) is -3.40. The van der Waals surface area contributed by atoms with Gasteiger partial charge in [0.05, 0.1) is 19.0 Å². The Balaban J connectivity index is 1.62. The summed E-state index contributed by atoms with van der Waals surface area (Å²) in [5.74, 6) is 1.30. The molecule has 1 saturated heterocycles. The van der Waals surface area contributed by atoms with E-state index in [0.29, 0.717) is 51.1 Å². The predicted octanol–water partition coefficient (Wildman–Crippen LogP) is 3.21. The van der Waals surface area contributed by atoms with Crippen molar-refractivity contribution >= 4 is 15.9 Å². The molecule has 0 unspecified atom stereocenters. The largest absolute Gasteiger partial charge is 0.378 e. The molecule has 1 aromatic carbocycles. The zero-order valence-electron chi connectivity index (χ0n) is 18.9. The first kappa shape index (κ1) is 24.0. The second-order valence-electron chi connectivity index (χ2n) is 9.21. The van der Waals surface area contributed by atoms with E-state index in [1.165, 1.54) is 5.57 Å². The van der Waals surface area contributed by atoms with Gasteiger partial charge in [0.15, 0.2) is 0 Å². The van der Waals surface area contributed by atoms with Crippen molar-refractivity contribution in [3.8, 4) is 0 Å². The number of hydrogen-bond donors (Lipinski definition) is 1. The fourth-order valence-corrected chi connectivity index (χ4v) is 5.91. The lowest BCUT2D eigenvalue weighted by Gasteiger charge is -2.38. The Labute approximate surface area is 187 Å². The fourth-order valence-electron chi connectivity index (χ4n) is 4.73. The summed E-state index contributed by atoms with van der Waals surface area (Å²) in [6, 6.07) is 9.25. The average Bonchev–Trinajstić information content (AvgIpc) is 2.74. The molecule has 3 rings (SSSR count). The van der Waals surface area contributed by atoms with E-state index in [1.807, 2.05) is 35.2 Å². The molecule has 172 valence electrons. The Morgan fingerprint density at radius 2 is 1.87 bits per heavy atom. The molecule has 1 aliphatic carbocycles. The van der Waals surface area contributed by atoms with E-state index >= 15 is 0 Å². The molecule has 0 radical (unpaired) electrons. The highest BCUT2D eigenvalue weighted by molar-refractivity contribution is 7.88. The van der Waals surface area contributed by atoms with E-state index in [9.17, 15) is 13.2 Å². The lowest BCUT2D eigenvalue weighted by atomic mass is 9.70. The number of ether oxygens (including phenoxy) is 1. The summed E-state index contributed by atoms with van der Waals surface area (Å²) in [4.78, 5) is 14.7. The number of carbonyl (C=O) groups is 1. The number of benzene rings is 1. The molecule has 0 spiro atoms. The summed E-state index contributed by atoms with van der Waals surface area (Å²) in [6.07, 6.45) is 3.65. The van der Waals surface area contributed by atoms with Gasteiger partial charge in [-0.3, -0.25) is 4.79 Å². The Kier molecular flexibility index (Phi) is 8.30. The molecular formula is C24H36N2O4S. The predicted molar refractivity (Wildman–Crippen MR) is 123 cm³/mol. The zero-order chi connectivity index (χ0) is 22.4. The number of sulfonamides is 1. The van der Waals surface area contributed by atoms with Crippen LogP contribution >= 0.6 is 0 Å². The molecule has 3 atom stereocenters. The number of carbonyl (C=O) groups excluding carboxylic acids is 1. The molecule has 1 heterocycles. The summed E-state index contributed by atoms with van der Waals surface area (Å²) in [5, 5.41) is 0. The molecule has 2 aliphatic rings. The molecule has 0 aromatic heterocycles. The van der Waals surface area contributed by atoms with E-state index in [4.69, 9.17) is 4.74 Å². The van der Waals surface area contributed by atoms with E-state index in [0.717, 1.165) is 12.0 Å². The Bertz CT molecular complexity index is 861. The number of allylic oxidation sites excluding steroid dienone is 1. The Morgan fingerprint density at radius 3 is 2.52 bits per heavy atom. The molecule has 1 N–H and O–H groups in total. The third kappa shape index (κ3) is 6.89. The van der Waals surface area contributed by atoms with Gasteiger partial charge in [-0.15, -0.1) is 0 Å². The normalized spacial score (nSPS) is 24.8. The van der Waals surface area contributed by atoms with Gasteiger partial charge in [-0.2, -0.15) is 0 Å². The minimum atomic E-state index is -3.40. The maximum Gasteiger partial charge on any atom is 0.223 e. The highest BCUT2D eigenvalue weighted by atomic mass is 32.2. The summed E-state index contributed by atoms with van der Waals surface area (Å²) in [5.41, 5.74) is 1.98. The second-order valence-corrected chi connectivity index (χ2v) is 11.0. The third-order valence-corrected chi connectivity index (χ3v) is 7.93. The molecule has 1 fully saturated rings. The first-order valence-electron chi connectivity index (χ1n) is 11.3. The number of rotatable bonds is 8.